The van der Waals surface area contributed by atoms with E-state index in [-0.39, 0.29) is 5.91 Å². The summed E-state index contributed by atoms with van der Waals surface area (Å²) < 4.78 is 0. The maximum absolute atomic E-state index is 12.6. The molecule has 0 aliphatic rings. The third kappa shape index (κ3) is 4.01. The molecule has 0 aliphatic carbocycles. The number of nitrogens with one attached hydrogen (secondary N) is 1. The number of carbonyl (C=O) groups is 1. The average Bonchev–Trinajstić information content (AvgIpc) is 2.73. The van der Waals surface area contributed by atoms with Gasteiger partial charge in [0.05, 0.1) is 11.3 Å². The second-order valence-electron chi connectivity index (χ2n) is 6.07. The van der Waals surface area contributed by atoms with Crippen LogP contribution in [-0.2, 0) is 4.79 Å². The van der Waals surface area contributed by atoms with Gasteiger partial charge in [0.15, 0.2) is 0 Å². The minimum Gasteiger partial charge on any atom is -0.325 e. The quantitative estimate of drug-likeness (QED) is 0.463. The molecule has 1 amide bonds. The molecule has 4 rings (SSSR count). The fourth-order valence-electron chi connectivity index (χ4n) is 2.99. The molecule has 0 saturated heterocycles. The summed E-state index contributed by atoms with van der Waals surface area (Å²) in [4.78, 5) is 18.0. The molecule has 1 N–H and O–H groups in total. The first-order valence-corrected chi connectivity index (χ1v) is 9.71. The van der Waals surface area contributed by atoms with Crippen LogP contribution >= 0.6 is 11.8 Å². The van der Waals surface area contributed by atoms with E-state index in [1.54, 1.807) is 6.20 Å². The molecule has 0 bridgehead atoms. The van der Waals surface area contributed by atoms with Gasteiger partial charge in [0.2, 0.25) is 5.91 Å². The van der Waals surface area contributed by atoms with Crippen LogP contribution in [0, 0.1) is 0 Å². The first-order valence-electron chi connectivity index (χ1n) is 8.72. The SMILES string of the molecule is O=C(CSc1ccnc2ccccc12)Nc1ccccc1-c1ccccc1. The van der Waals surface area contributed by atoms with Gasteiger partial charge in [-0.2, -0.15) is 0 Å². The van der Waals surface area contributed by atoms with Gasteiger partial charge in [-0.1, -0.05) is 66.7 Å². The Hall–Kier alpha value is -3.11. The smallest absolute Gasteiger partial charge is 0.234 e. The van der Waals surface area contributed by atoms with Crippen LogP contribution < -0.4 is 5.32 Å². The lowest BCUT2D eigenvalue weighted by Gasteiger charge is -2.11. The lowest BCUT2D eigenvalue weighted by Crippen LogP contribution is -2.14. The number of hydrogen-bond donors (Lipinski definition) is 1. The lowest BCUT2D eigenvalue weighted by atomic mass is 10.0. The molecule has 0 atom stereocenters. The highest BCUT2D eigenvalue weighted by atomic mass is 32.2. The Kier molecular flexibility index (Phi) is 5.17. The molecule has 0 aliphatic heterocycles. The van der Waals surface area contributed by atoms with Crippen LogP contribution in [0.15, 0.2) is 96.0 Å². The summed E-state index contributed by atoms with van der Waals surface area (Å²) >= 11 is 1.53. The van der Waals surface area contributed by atoms with Crippen LogP contribution in [0.1, 0.15) is 0 Å². The lowest BCUT2D eigenvalue weighted by molar-refractivity contribution is -0.113. The Bertz CT molecular complexity index is 1070. The minimum absolute atomic E-state index is 0.0238. The fraction of sp³-hybridized carbons (Fsp3) is 0.0435. The number of thioether (sulfide) groups is 1. The summed E-state index contributed by atoms with van der Waals surface area (Å²) in [5.41, 5.74) is 3.87. The zero-order chi connectivity index (χ0) is 18.5. The monoisotopic (exact) mass is 370 g/mol. The highest BCUT2D eigenvalue weighted by molar-refractivity contribution is 8.00. The first kappa shape index (κ1) is 17.3. The highest BCUT2D eigenvalue weighted by Crippen LogP contribution is 2.29. The molecule has 0 radical (unpaired) electrons. The predicted octanol–water partition coefficient (Wildman–Crippen LogP) is 5.63. The summed E-state index contributed by atoms with van der Waals surface area (Å²) in [7, 11) is 0. The highest BCUT2D eigenvalue weighted by Gasteiger charge is 2.10. The molecule has 0 unspecified atom stereocenters. The van der Waals surface area contributed by atoms with Crippen molar-refractivity contribution in [3.63, 3.8) is 0 Å². The number of para-hydroxylation sites is 2. The molecule has 0 spiro atoms. The standard InChI is InChI=1S/C23H18N2OS/c26-23(16-27-22-14-15-24-20-12-6-5-11-19(20)22)25-21-13-7-4-10-18(21)17-8-2-1-3-9-17/h1-15H,16H2,(H,25,26). The van der Waals surface area contributed by atoms with Gasteiger partial charge in [0.1, 0.15) is 0 Å². The number of nitrogens with zero attached hydrogens (tertiary/aromatic N) is 1. The van der Waals surface area contributed by atoms with Crippen molar-refractivity contribution in [1.29, 1.82) is 0 Å². The Morgan fingerprint density at radius 3 is 2.48 bits per heavy atom. The summed E-state index contributed by atoms with van der Waals surface area (Å²) in [6.07, 6.45) is 1.78. The van der Waals surface area contributed by atoms with Gasteiger partial charge in [0, 0.05) is 27.7 Å². The number of hydrogen-bond acceptors (Lipinski definition) is 3. The topological polar surface area (TPSA) is 42.0 Å². The van der Waals surface area contributed by atoms with Crippen molar-refractivity contribution in [1.82, 2.24) is 4.98 Å². The van der Waals surface area contributed by atoms with Crippen molar-refractivity contribution in [2.24, 2.45) is 0 Å². The molecule has 0 fully saturated rings. The zero-order valence-electron chi connectivity index (χ0n) is 14.6. The van der Waals surface area contributed by atoms with Crippen LogP contribution in [0.3, 0.4) is 0 Å². The number of fused-ring (bicyclic) bond motifs is 1. The van der Waals surface area contributed by atoms with Gasteiger partial charge in [0.25, 0.3) is 0 Å². The van der Waals surface area contributed by atoms with Crippen LogP contribution in [0.2, 0.25) is 0 Å². The van der Waals surface area contributed by atoms with E-state index in [4.69, 9.17) is 0 Å². The maximum Gasteiger partial charge on any atom is 0.234 e. The summed E-state index contributed by atoms with van der Waals surface area (Å²) in [5, 5.41) is 4.12. The van der Waals surface area contributed by atoms with E-state index in [9.17, 15) is 4.79 Å². The Morgan fingerprint density at radius 1 is 0.852 bits per heavy atom. The Balaban J connectivity index is 1.49. The zero-order valence-corrected chi connectivity index (χ0v) is 15.4. The number of pyridine rings is 1. The van der Waals surface area contributed by atoms with E-state index in [0.29, 0.717) is 5.75 Å². The average molecular weight is 370 g/mol. The molecule has 27 heavy (non-hydrogen) atoms. The largest absolute Gasteiger partial charge is 0.325 e. The molecule has 0 saturated carbocycles. The maximum atomic E-state index is 12.6. The van der Waals surface area contributed by atoms with Crippen LogP contribution in [0.25, 0.3) is 22.0 Å². The van der Waals surface area contributed by atoms with E-state index in [1.807, 2.05) is 84.9 Å². The van der Waals surface area contributed by atoms with Gasteiger partial charge in [-0.3, -0.25) is 9.78 Å². The minimum atomic E-state index is -0.0238. The number of aromatic nitrogens is 1. The van der Waals surface area contributed by atoms with Gasteiger partial charge in [-0.15, -0.1) is 11.8 Å². The van der Waals surface area contributed by atoms with E-state index in [1.165, 1.54) is 11.8 Å². The molecule has 1 aromatic heterocycles. The first-order chi connectivity index (χ1) is 13.3. The molecule has 4 aromatic rings. The van der Waals surface area contributed by atoms with Crippen molar-refractivity contribution >= 4 is 34.3 Å². The molecule has 3 aromatic carbocycles. The van der Waals surface area contributed by atoms with E-state index in [0.717, 1.165) is 32.6 Å². The van der Waals surface area contributed by atoms with Crippen molar-refractivity contribution < 1.29 is 4.79 Å². The van der Waals surface area contributed by atoms with E-state index < -0.39 is 0 Å². The molecular weight excluding hydrogens is 352 g/mol. The summed E-state index contributed by atoms with van der Waals surface area (Å²) in [5.74, 6) is 0.321. The van der Waals surface area contributed by atoms with Gasteiger partial charge < -0.3 is 5.32 Å². The van der Waals surface area contributed by atoms with Crippen LogP contribution in [-0.4, -0.2) is 16.6 Å². The molecule has 132 valence electrons. The Labute approximate surface area is 162 Å². The summed E-state index contributed by atoms with van der Waals surface area (Å²) in [6.45, 7) is 0. The van der Waals surface area contributed by atoms with Gasteiger partial charge >= 0.3 is 0 Å². The number of rotatable bonds is 5. The fourth-order valence-corrected chi connectivity index (χ4v) is 3.83. The molecule has 4 heteroatoms. The predicted molar refractivity (Wildman–Crippen MR) is 113 cm³/mol. The molecule has 1 heterocycles. The Morgan fingerprint density at radius 2 is 1.59 bits per heavy atom. The number of carbonyl (C=O) groups excluding carboxylic acids is 1. The number of benzene rings is 3. The second-order valence-corrected chi connectivity index (χ2v) is 7.09. The third-order valence-corrected chi connectivity index (χ3v) is 5.33. The van der Waals surface area contributed by atoms with E-state index >= 15 is 0 Å². The van der Waals surface area contributed by atoms with Crippen molar-refractivity contribution in [2.75, 3.05) is 11.1 Å². The van der Waals surface area contributed by atoms with Crippen molar-refractivity contribution in [3.8, 4) is 11.1 Å². The number of amides is 1. The molecular formula is C23H18N2OS. The van der Waals surface area contributed by atoms with Crippen LogP contribution in [0.4, 0.5) is 5.69 Å². The van der Waals surface area contributed by atoms with Crippen molar-refractivity contribution in [2.45, 2.75) is 4.90 Å². The van der Waals surface area contributed by atoms with Crippen LogP contribution in [0.5, 0.6) is 0 Å². The van der Waals surface area contributed by atoms with Gasteiger partial charge in [-0.05, 0) is 23.8 Å². The second kappa shape index (κ2) is 8.06. The van der Waals surface area contributed by atoms with E-state index in [2.05, 4.69) is 10.3 Å². The van der Waals surface area contributed by atoms with Gasteiger partial charge in [-0.25, -0.2) is 0 Å². The molecule has 3 nitrogen and oxygen atoms in total. The third-order valence-electron chi connectivity index (χ3n) is 4.25. The normalized spacial score (nSPS) is 10.7. The summed E-state index contributed by atoms with van der Waals surface area (Å²) in [6, 6.07) is 27.9. The number of anilines is 1. The van der Waals surface area contributed by atoms with Crippen molar-refractivity contribution in [3.05, 3.63) is 91.1 Å².